The molecule has 1 aromatic rings. The maximum absolute atomic E-state index is 10.5. The number of unbranched alkanes of at least 4 members (excludes halogenated alkanes) is 15. The predicted octanol–water partition coefficient (Wildman–Crippen LogP) is 8.15. The molecule has 1 rings (SSSR count). The molecule has 0 amide bonds. The van der Waals surface area contributed by atoms with Crippen molar-refractivity contribution in [2.75, 3.05) is 47.4 Å². The first-order valence-electron chi connectivity index (χ1n) is 16.8. The minimum absolute atomic E-state index is 0.0772. The number of phosphoric acid groups is 1. The number of hydroxylamine groups is 2. The maximum Gasteiger partial charge on any atom is 0.469 e. The van der Waals surface area contributed by atoms with E-state index in [1.165, 1.54) is 96.3 Å². The molecule has 0 fully saturated rings. The van der Waals surface area contributed by atoms with Crippen LogP contribution >= 0.6 is 7.82 Å². The minimum Gasteiger partial charge on any atom is -0.502 e. The van der Waals surface area contributed by atoms with Gasteiger partial charge in [-0.25, -0.2) is 9.36 Å². The third kappa shape index (κ3) is 31.9. The first-order valence-corrected chi connectivity index (χ1v) is 18.3. The van der Waals surface area contributed by atoms with Crippen molar-refractivity contribution in [3.63, 3.8) is 0 Å². The van der Waals surface area contributed by atoms with Gasteiger partial charge in [0.1, 0.15) is 13.2 Å². The van der Waals surface area contributed by atoms with E-state index in [4.69, 9.17) is 14.6 Å². The van der Waals surface area contributed by atoms with Gasteiger partial charge in [-0.2, -0.15) is 5.06 Å². The summed E-state index contributed by atoms with van der Waals surface area (Å²) in [6.45, 7) is 4.76. The lowest BCUT2D eigenvalue weighted by atomic mass is 10.0. The predicted molar refractivity (Wildman–Crippen MR) is 180 cm³/mol. The van der Waals surface area contributed by atoms with E-state index < -0.39 is 7.82 Å². The van der Waals surface area contributed by atoms with Gasteiger partial charge in [0.25, 0.3) is 0 Å². The second kappa shape index (κ2) is 27.7. The highest BCUT2D eigenvalue weighted by Crippen LogP contribution is 2.35. The van der Waals surface area contributed by atoms with Crippen LogP contribution in [-0.4, -0.2) is 77.8 Å². The summed E-state index contributed by atoms with van der Waals surface area (Å²) in [5, 5.41) is 11.3. The highest BCUT2D eigenvalue weighted by molar-refractivity contribution is 7.46. The number of aliphatic hydroxyl groups is 1. The Morgan fingerprint density at radius 3 is 1.70 bits per heavy atom. The largest absolute Gasteiger partial charge is 0.502 e. The molecule has 0 radical (unpaired) electrons. The van der Waals surface area contributed by atoms with Crippen molar-refractivity contribution in [3.8, 4) is 0 Å². The van der Waals surface area contributed by atoms with E-state index in [1.54, 1.807) is 5.94 Å². The quantitative estimate of drug-likeness (QED) is 0.0220. The SMILES string of the molecule is CCCCCCCCCCCCCCCCCCN(CCC(O)=C=O)OCc1ccccc1.C[N+](C)(C)CCOP(=O)(O)O. The van der Waals surface area contributed by atoms with E-state index in [1.807, 2.05) is 56.5 Å². The summed E-state index contributed by atoms with van der Waals surface area (Å²) in [5.41, 5.74) is 1.12. The Hall–Kier alpha value is -1.54. The average molecular weight is 644 g/mol. The summed E-state index contributed by atoms with van der Waals surface area (Å²) in [6.07, 6.45) is 22.0. The van der Waals surface area contributed by atoms with E-state index >= 15 is 0 Å². The topological polar surface area (TPSA) is 117 Å². The number of hydrogen-bond acceptors (Lipinski definition) is 6. The number of benzene rings is 1. The molecule has 0 saturated heterocycles. The number of aliphatic hydroxyl groups excluding tert-OH is 1. The summed E-state index contributed by atoms with van der Waals surface area (Å²) >= 11 is 0. The van der Waals surface area contributed by atoms with Gasteiger partial charge in [-0.05, 0) is 12.0 Å². The Bertz CT molecular complexity index is 883. The van der Waals surface area contributed by atoms with Crippen molar-refractivity contribution in [2.45, 2.75) is 123 Å². The smallest absolute Gasteiger partial charge is 0.469 e. The number of nitrogens with zero attached hydrogens (tertiary/aromatic N) is 2. The Balaban J connectivity index is 0.00000142. The number of carbonyl (C=O) groups excluding carboxylic acids is 1. The van der Waals surface area contributed by atoms with Crippen molar-refractivity contribution >= 4 is 13.8 Å². The molecule has 3 N–H and O–H groups in total. The molecule has 256 valence electrons. The van der Waals surface area contributed by atoms with Crippen LogP contribution < -0.4 is 0 Å². The molecular formula is C34H64N2O7P+. The van der Waals surface area contributed by atoms with E-state index in [9.17, 15) is 14.5 Å². The van der Waals surface area contributed by atoms with Crippen LogP contribution in [0.2, 0.25) is 0 Å². The second-order valence-electron chi connectivity index (χ2n) is 12.6. The van der Waals surface area contributed by atoms with E-state index in [0.717, 1.165) is 18.5 Å². The van der Waals surface area contributed by atoms with Gasteiger partial charge < -0.3 is 19.4 Å². The van der Waals surface area contributed by atoms with Gasteiger partial charge in [0.2, 0.25) is 0 Å². The molecule has 9 nitrogen and oxygen atoms in total. The van der Waals surface area contributed by atoms with Crippen LogP contribution in [0, 0.1) is 0 Å². The van der Waals surface area contributed by atoms with Crippen LogP contribution in [0.25, 0.3) is 0 Å². The molecule has 0 aliphatic carbocycles. The van der Waals surface area contributed by atoms with E-state index in [2.05, 4.69) is 11.4 Å². The van der Waals surface area contributed by atoms with Gasteiger partial charge in [-0.1, -0.05) is 134 Å². The molecule has 0 spiro atoms. The number of phosphoric ester groups is 1. The number of quaternary nitrogens is 1. The van der Waals surface area contributed by atoms with Gasteiger partial charge in [0.15, 0.2) is 11.7 Å². The van der Waals surface area contributed by atoms with Crippen LogP contribution in [0.4, 0.5) is 0 Å². The lowest BCUT2D eigenvalue weighted by molar-refractivity contribution is -0.870. The van der Waals surface area contributed by atoms with Crippen LogP contribution in [0.15, 0.2) is 36.1 Å². The zero-order valence-corrected chi connectivity index (χ0v) is 29.2. The highest BCUT2D eigenvalue weighted by atomic mass is 31.2. The Morgan fingerprint density at radius 2 is 1.27 bits per heavy atom. The van der Waals surface area contributed by atoms with Crippen molar-refractivity contribution in [1.82, 2.24) is 5.06 Å². The molecule has 0 heterocycles. The number of rotatable bonds is 27. The molecule has 1 aromatic carbocycles. The van der Waals surface area contributed by atoms with Crippen molar-refractivity contribution in [1.29, 1.82) is 0 Å². The third-order valence-corrected chi connectivity index (χ3v) is 7.77. The normalized spacial score (nSPS) is 11.7. The molecule has 0 aliphatic rings. The zero-order chi connectivity index (χ0) is 32.9. The lowest BCUT2D eigenvalue weighted by Crippen LogP contribution is -2.37. The third-order valence-electron chi connectivity index (χ3n) is 7.26. The summed E-state index contributed by atoms with van der Waals surface area (Å²) in [4.78, 5) is 33.1. The fourth-order valence-electron chi connectivity index (χ4n) is 4.53. The van der Waals surface area contributed by atoms with Crippen LogP contribution in [-0.2, 0) is 25.3 Å². The fraction of sp³-hybridized carbons (Fsp3) is 0.765. The summed E-state index contributed by atoms with van der Waals surface area (Å²) < 4.78 is 15.1. The molecule has 10 heteroatoms. The first-order chi connectivity index (χ1) is 21.0. The zero-order valence-electron chi connectivity index (χ0n) is 28.3. The summed E-state index contributed by atoms with van der Waals surface area (Å²) in [7, 11) is 1.50. The molecule has 0 saturated carbocycles. The van der Waals surface area contributed by atoms with Gasteiger partial charge in [-0.15, -0.1) is 0 Å². The number of hydrogen-bond donors (Lipinski definition) is 3. The minimum atomic E-state index is -4.26. The fourth-order valence-corrected chi connectivity index (χ4v) is 4.85. The monoisotopic (exact) mass is 643 g/mol. The van der Waals surface area contributed by atoms with Crippen molar-refractivity contribution in [2.24, 2.45) is 0 Å². The summed E-state index contributed by atoms with van der Waals surface area (Å²) in [5.74, 6) is 1.32. The van der Waals surface area contributed by atoms with Crippen LogP contribution in [0.3, 0.4) is 0 Å². The number of likely N-dealkylation sites (N-methyl/N-ethyl adjacent to an activating group) is 1. The molecule has 0 bridgehead atoms. The second-order valence-corrected chi connectivity index (χ2v) is 13.9. The first kappa shape index (κ1) is 42.5. The lowest BCUT2D eigenvalue weighted by Gasteiger charge is -2.23. The van der Waals surface area contributed by atoms with Gasteiger partial charge in [0, 0.05) is 19.5 Å². The standard InChI is InChI=1S/C29H49NO3.C5H14NO4P/c1-2-3-4-5-6-7-8-9-10-11-12-13-14-15-16-20-24-30(25-23-29(32)26-31)33-27-28-21-18-17-19-22-28;1-6(2,3)4-5-10-11(7,8)9/h17-19,21-22,32H,2-16,20,23-25,27H2,1H3;4-5H2,1-3H3,(H-,7,8,9)/p+1. The molecule has 44 heavy (non-hydrogen) atoms. The Morgan fingerprint density at radius 1 is 0.795 bits per heavy atom. The highest BCUT2D eigenvalue weighted by Gasteiger charge is 2.16. The molecule has 0 aromatic heterocycles. The van der Waals surface area contributed by atoms with E-state index in [0.29, 0.717) is 24.2 Å². The molecule has 0 unspecified atom stereocenters. The van der Waals surface area contributed by atoms with Gasteiger partial charge in [-0.3, -0.25) is 9.36 Å². The van der Waals surface area contributed by atoms with Crippen LogP contribution in [0.1, 0.15) is 122 Å². The van der Waals surface area contributed by atoms with Crippen molar-refractivity contribution < 1.29 is 38.1 Å². The summed E-state index contributed by atoms with van der Waals surface area (Å²) in [6, 6.07) is 10.1. The molecule has 0 aliphatic heterocycles. The van der Waals surface area contributed by atoms with Gasteiger partial charge >= 0.3 is 7.82 Å². The maximum atomic E-state index is 10.5. The Kier molecular flexibility index (Phi) is 26.8. The molecule has 0 atom stereocenters. The average Bonchev–Trinajstić information content (AvgIpc) is 2.97. The van der Waals surface area contributed by atoms with Gasteiger partial charge in [0.05, 0.1) is 27.7 Å². The molecular weight excluding hydrogens is 579 g/mol. The van der Waals surface area contributed by atoms with Crippen molar-refractivity contribution in [3.05, 3.63) is 41.7 Å². The van der Waals surface area contributed by atoms with E-state index in [-0.39, 0.29) is 18.8 Å². The Labute approximate surface area is 268 Å². The van der Waals surface area contributed by atoms with Crippen LogP contribution in [0.5, 0.6) is 0 Å².